The van der Waals surface area contributed by atoms with Gasteiger partial charge in [-0.2, -0.15) is 0 Å². The highest BCUT2D eigenvalue weighted by atomic mass is 35.5. The van der Waals surface area contributed by atoms with Gasteiger partial charge in [0.25, 0.3) is 5.91 Å². The number of likely N-dealkylation sites (tertiary alicyclic amines) is 2. The fourth-order valence-electron chi connectivity index (χ4n) is 5.33. The van der Waals surface area contributed by atoms with Crippen LogP contribution in [-0.4, -0.2) is 59.9 Å². The molecule has 0 atom stereocenters. The molecule has 2 saturated heterocycles. The van der Waals surface area contributed by atoms with Crippen LogP contribution in [0.1, 0.15) is 68.1 Å². The lowest BCUT2D eigenvalue weighted by atomic mass is 9.91. The van der Waals surface area contributed by atoms with E-state index in [1.165, 1.54) is 19.3 Å². The molecular weight excluding hydrogens is 398 g/mol. The molecule has 2 heterocycles. The second kappa shape index (κ2) is 10.1. The van der Waals surface area contributed by atoms with Crippen molar-refractivity contribution in [1.29, 1.82) is 0 Å². The van der Waals surface area contributed by atoms with Crippen LogP contribution in [0.4, 0.5) is 0 Å². The molecule has 6 heteroatoms. The molecule has 0 bridgehead atoms. The van der Waals surface area contributed by atoms with Crippen LogP contribution >= 0.6 is 11.6 Å². The fourth-order valence-corrected chi connectivity index (χ4v) is 5.55. The number of amides is 2. The Labute approximate surface area is 185 Å². The maximum absolute atomic E-state index is 12.8. The molecule has 1 N–H and O–H groups in total. The number of halogens is 1. The Hall–Kier alpha value is -1.59. The van der Waals surface area contributed by atoms with Crippen molar-refractivity contribution in [3.8, 4) is 0 Å². The Morgan fingerprint density at radius 1 is 0.867 bits per heavy atom. The van der Waals surface area contributed by atoms with Crippen molar-refractivity contribution >= 4 is 23.4 Å². The van der Waals surface area contributed by atoms with Gasteiger partial charge in [-0.25, -0.2) is 0 Å². The van der Waals surface area contributed by atoms with Gasteiger partial charge in [0.05, 0.1) is 10.6 Å². The summed E-state index contributed by atoms with van der Waals surface area (Å²) in [6.07, 6.45) is 10.0. The Morgan fingerprint density at radius 3 is 2.20 bits per heavy atom. The van der Waals surface area contributed by atoms with E-state index in [1.54, 1.807) is 12.1 Å². The van der Waals surface area contributed by atoms with Crippen LogP contribution in [-0.2, 0) is 4.79 Å². The molecule has 1 aromatic carbocycles. The summed E-state index contributed by atoms with van der Waals surface area (Å²) in [7, 11) is 0. The molecule has 0 radical (unpaired) electrons. The highest BCUT2D eigenvalue weighted by molar-refractivity contribution is 6.33. The fraction of sp³-hybridized carbons (Fsp3) is 0.667. The smallest absolute Gasteiger partial charge is 0.255 e. The first kappa shape index (κ1) is 21.6. The van der Waals surface area contributed by atoms with Crippen LogP contribution in [0.3, 0.4) is 0 Å². The largest absolute Gasteiger partial charge is 0.353 e. The summed E-state index contributed by atoms with van der Waals surface area (Å²) in [6, 6.07) is 8.22. The van der Waals surface area contributed by atoms with Crippen LogP contribution in [0.5, 0.6) is 0 Å². The van der Waals surface area contributed by atoms with Gasteiger partial charge in [-0.3, -0.25) is 9.59 Å². The second-order valence-electron chi connectivity index (χ2n) is 9.16. The molecule has 30 heavy (non-hydrogen) atoms. The van der Waals surface area contributed by atoms with E-state index >= 15 is 0 Å². The molecule has 1 aliphatic carbocycles. The van der Waals surface area contributed by atoms with Crippen LogP contribution in [0, 0.1) is 5.92 Å². The minimum atomic E-state index is 0.0390. The third kappa shape index (κ3) is 5.17. The lowest BCUT2D eigenvalue weighted by molar-refractivity contribution is -0.127. The van der Waals surface area contributed by atoms with E-state index in [-0.39, 0.29) is 17.7 Å². The van der Waals surface area contributed by atoms with Crippen LogP contribution in [0.25, 0.3) is 0 Å². The van der Waals surface area contributed by atoms with E-state index in [0.717, 1.165) is 64.7 Å². The molecule has 3 fully saturated rings. The van der Waals surface area contributed by atoms with Crippen LogP contribution in [0.2, 0.25) is 5.02 Å². The van der Waals surface area contributed by atoms with E-state index in [9.17, 15) is 9.59 Å². The molecule has 3 aliphatic rings. The number of hydrogen-bond donors (Lipinski definition) is 1. The standard InChI is InChI=1S/C24H34ClN3O2/c25-22-9-5-4-8-21(22)24(30)28-16-12-20(13-17-28)27-14-10-18(11-15-27)23(29)26-19-6-2-1-3-7-19/h4-5,8-9,18-20H,1-3,6-7,10-17H2,(H,26,29). The van der Waals surface area contributed by atoms with Gasteiger partial charge in [0.1, 0.15) is 0 Å². The van der Waals surface area contributed by atoms with Gasteiger partial charge in [0.2, 0.25) is 5.91 Å². The molecule has 1 aromatic rings. The van der Waals surface area contributed by atoms with Gasteiger partial charge < -0.3 is 15.1 Å². The number of rotatable bonds is 4. The average molecular weight is 432 g/mol. The first-order valence-electron chi connectivity index (χ1n) is 11.7. The van der Waals surface area contributed by atoms with Crippen molar-refractivity contribution in [1.82, 2.24) is 15.1 Å². The first-order valence-corrected chi connectivity index (χ1v) is 12.1. The number of benzene rings is 1. The summed E-state index contributed by atoms with van der Waals surface area (Å²) in [5.41, 5.74) is 0.599. The number of carbonyl (C=O) groups excluding carboxylic acids is 2. The molecular formula is C24H34ClN3O2. The minimum absolute atomic E-state index is 0.0390. The molecule has 2 aliphatic heterocycles. The zero-order valence-electron chi connectivity index (χ0n) is 17.8. The maximum atomic E-state index is 12.8. The normalized spacial score (nSPS) is 22.8. The van der Waals surface area contributed by atoms with Gasteiger partial charge in [0.15, 0.2) is 0 Å². The molecule has 0 unspecified atom stereocenters. The van der Waals surface area contributed by atoms with Crippen molar-refractivity contribution in [2.24, 2.45) is 5.92 Å². The molecule has 2 amide bonds. The molecule has 1 saturated carbocycles. The highest BCUT2D eigenvalue weighted by Crippen LogP contribution is 2.26. The minimum Gasteiger partial charge on any atom is -0.353 e. The van der Waals surface area contributed by atoms with Crippen molar-refractivity contribution in [3.05, 3.63) is 34.9 Å². The number of carbonyl (C=O) groups is 2. The van der Waals surface area contributed by atoms with Gasteiger partial charge >= 0.3 is 0 Å². The summed E-state index contributed by atoms with van der Waals surface area (Å²) in [5.74, 6) is 0.490. The molecule has 164 valence electrons. The Balaban J connectivity index is 1.21. The average Bonchev–Trinajstić information content (AvgIpc) is 2.80. The predicted octanol–water partition coefficient (Wildman–Crippen LogP) is 4.11. The van der Waals surface area contributed by atoms with E-state index in [0.29, 0.717) is 22.7 Å². The van der Waals surface area contributed by atoms with E-state index in [1.807, 2.05) is 17.0 Å². The number of nitrogens with zero attached hydrogens (tertiary/aromatic N) is 2. The zero-order valence-corrected chi connectivity index (χ0v) is 18.6. The van der Waals surface area contributed by atoms with Crippen molar-refractivity contribution in [3.63, 3.8) is 0 Å². The predicted molar refractivity (Wildman–Crippen MR) is 120 cm³/mol. The van der Waals surface area contributed by atoms with Crippen LogP contribution < -0.4 is 5.32 Å². The monoisotopic (exact) mass is 431 g/mol. The molecule has 5 nitrogen and oxygen atoms in total. The number of hydrogen-bond acceptors (Lipinski definition) is 3. The van der Waals surface area contributed by atoms with E-state index in [2.05, 4.69) is 10.2 Å². The van der Waals surface area contributed by atoms with Crippen LogP contribution in [0.15, 0.2) is 24.3 Å². The SMILES string of the molecule is O=C(NC1CCCCC1)C1CCN(C2CCN(C(=O)c3ccccc3Cl)CC2)CC1. The van der Waals surface area contributed by atoms with Gasteiger partial charge in [0, 0.05) is 31.1 Å². The van der Waals surface area contributed by atoms with E-state index < -0.39 is 0 Å². The summed E-state index contributed by atoms with van der Waals surface area (Å²) in [6.45, 7) is 3.53. The summed E-state index contributed by atoms with van der Waals surface area (Å²) in [5, 5.41) is 3.84. The summed E-state index contributed by atoms with van der Waals surface area (Å²) >= 11 is 6.20. The Morgan fingerprint density at radius 2 is 1.53 bits per heavy atom. The zero-order chi connectivity index (χ0) is 20.9. The van der Waals surface area contributed by atoms with Gasteiger partial charge in [-0.1, -0.05) is 43.0 Å². The molecule has 0 aromatic heterocycles. The van der Waals surface area contributed by atoms with E-state index in [4.69, 9.17) is 11.6 Å². The quantitative estimate of drug-likeness (QED) is 0.780. The van der Waals surface area contributed by atoms with Crippen molar-refractivity contribution < 1.29 is 9.59 Å². The second-order valence-corrected chi connectivity index (χ2v) is 9.56. The van der Waals surface area contributed by atoms with Crippen molar-refractivity contribution in [2.45, 2.75) is 69.9 Å². The lowest BCUT2D eigenvalue weighted by Crippen LogP contribution is -2.50. The first-order chi connectivity index (χ1) is 14.6. The Bertz CT molecular complexity index is 734. The maximum Gasteiger partial charge on any atom is 0.255 e. The summed E-state index contributed by atoms with van der Waals surface area (Å²) < 4.78 is 0. The third-order valence-electron chi connectivity index (χ3n) is 7.22. The Kier molecular flexibility index (Phi) is 7.32. The molecule has 0 spiro atoms. The number of nitrogens with one attached hydrogen (secondary N) is 1. The summed E-state index contributed by atoms with van der Waals surface area (Å²) in [4.78, 5) is 29.9. The topological polar surface area (TPSA) is 52.7 Å². The van der Waals surface area contributed by atoms with Gasteiger partial charge in [-0.15, -0.1) is 0 Å². The third-order valence-corrected chi connectivity index (χ3v) is 7.55. The van der Waals surface area contributed by atoms with Crippen molar-refractivity contribution in [2.75, 3.05) is 26.2 Å². The molecule has 4 rings (SSSR count). The highest BCUT2D eigenvalue weighted by Gasteiger charge is 2.32. The number of piperidine rings is 2. The van der Waals surface area contributed by atoms with Gasteiger partial charge in [-0.05, 0) is 63.7 Å². The lowest BCUT2D eigenvalue weighted by Gasteiger charge is -2.41.